The molecule has 0 aromatic carbocycles. The van der Waals surface area contributed by atoms with Gasteiger partial charge in [0.25, 0.3) is 0 Å². The second-order valence-electron chi connectivity index (χ2n) is 4.69. The van der Waals surface area contributed by atoms with Crippen molar-refractivity contribution in [2.24, 2.45) is 0 Å². The summed E-state index contributed by atoms with van der Waals surface area (Å²) in [5.41, 5.74) is 0. The van der Waals surface area contributed by atoms with Crippen molar-refractivity contribution in [2.75, 3.05) is 6.61 Å². The molecule has 1 rings (SSSR count). The van der Waals surface area contributed by atoms with E-state index in [-0.39, 0.29) is 19.3 Å². The molecular formula is C11H20O8. The maximum absolute atomic E-state index is 10.4. The summed E-state index contributed by atoms with van der Waals surface area (Å²) in [6.07, 6.45) is -7.66. The zero-order chi connectivity index (χ0) is 14.6. The molecule has 0 amide bonds. The molecule has 0 saturated carbocycles. The highest BCUT2D eigenvalue weighted by Crippen LogP contribution is 2.24. The SMILES string of the molecule is O=C(O)CCC(O)C[C@@H]1O[C@H](CO)[C@H](O)[C@H](O)[C@H]1O. The minimum absolute atomic E-state index is 0.00957. The summed E-state index contributed by atoms with van der Waals surface area (Å²) in [6.45, 7) is -0.535. The molecule has 1 saturated heterocycles. The first-order chi connectivity index (χ1) is 8.86. The van der Waals surface area contributed by atoms with Crippen LogP contribution in [0.4, 0.5) is 0 Å². The molecule has 0 aliphatic carbocycles. The van der Waals surface area contributed by atoms with Gasteiger partial charge in [-0.25, -0.2) is 0 Å². The predicted octanol–water partition coefficient (Wildman–Crippen LogP) is -2.56. The highest BCUT2D eigenvalue weighted by molar-refractivity contribution is 5.66. The Kier molecular flexibility index (Phi) is 6.11. The number of aliphatic carboxylic acids is 1. The quantitative estimate of drug-likeness (QED) is 0.311. The van der Waals surface area contributed by atoms with Crippen molar-refractivity contribution in [1.29, 1.82) is 0 Å². The highest BCUT2D eigenvalue weighted by Gasteiger charge is 2.43. The van der Waals surface area contributed by atoms with Crippen LogP contribution in [-0.4, -0.2) is 79.8 Å². The minimum atomic E-state index is -1.48. The fourth-order valence-corrected chi connectivity index (χ4v) is 2.05. The normalized spacial score (nSPS) is 37.0. The molecule has 0 radical (unpaired) electrons. The van der Waals surface area contributed by atoms with Crippen LogP contribution in [0.5, 0.6) is 0 Å². The third-order valence-corrected chi connectivity index (χ3v) is 3.19. The zero-order valence-corrected chi connectivity index (χ0v) is 10.3. The first kappa shape index (κ1) is 16.3. The molecule has 1 heterocycles. The van der Waals surface area contributed by atoms with Crippen LogP contribution in [0.15, 0.2) is 0 Å². The maximum atomic E-state index is 10.4. The summed E-state index contributed by atoms with van der Waals surface area (Å²) in [7, 11) is 0. The number of ether oxygens (including phenoxy) is 1. The van der Waals surface area contributed by atoms with Gasteiger partial charge < -0.3 is 35.4 Å². The number of carbonyl (C=O) groups is 1. The number of carboxylic acids is 1. The molecular weight excluding hydrogens is 260 g/mol. The molecule has 1 unspecified atom stereocenters. The smallest absolute Gasteiger partial charge is 0.303 e. The van der Waals surface area contributed by atoms with E-state index in [9.17, 15) is 25.2 Å². The van der Waals surface area contributed by atoms with Gasteiger partial charge in [-0.1, -0.05) is 0 Å². The summed E-state index contributed by atoms with van der Waals surface area (Å²) in [4.78, 5) is 10.4. The Hall–Kier alpha value is -0.770. The van der Waals surface area contributed by atoms with E-state index in [0.29, 0.717) is 0 Å². The third kappa shape index (κ3) is 4.37. The molecule has 0 bridgehead atoms. The lowest BCUT2D eigenvalue weighted by Gasteiger charge is -2.40. The molecule has 1 aliphatic heterocycles. The Balaban J connectivity index is 2.54. The zero-order valence-electron chi connectivity index (χ0n) is 10.3. The molecule has 6 atom stereocenters. The van der Waals surface area contributed by atoms with Crippen molar-refractivity contribution in [2.45, 2.75) is 55.9 Å². The van der Waals surface area contributed by atoms with E-state index in [4.69, 9.17) is 14.9 Å². The van der Waals surface area contributed by atoms with E-state index in [1.165, 1.54) is 0 Å². The first-order valence-corrected chi connectivity index (χ1v) is 6.07. The summed E-state index contributed by atoms with van der Waals surface area (Å²) in [5, 5.41) is 55.9. The second-order valence-corrected chi connectivity index (χ2v) is 4.69. The van der Waals surface area contributed by atoms with E-state index in [2.05, 4.69) is 0 Å². The van der Waals surface area contributed by atoms with Gasteiger partial charge in [0.15, 0.2) is 0 Å². The number of aliphatic hydroxyl groups excluding tert-OH is 5. The lowest BCUT2D eigenvalue weighted by atomic mass is 9.91. The number of hydrogen-bond donors (Lipinski definition) is 6. The van der Waals surface area contributed by atoms with Gasteiger partial charge in [-0.15, -0.1) is 0 Å². The maximum Gasteiger partial charge on any atom is 0.303 e. The van der Waals surface area contributed by atoms with Crippen LogP contribution in [-0.2, 0) is 9.53 Å². The fraction of sp³-hybridized carbons (Fsp3) is 0.909. The molecule has 19 heavy (non-hydrogen) atoms. The standard InChI is InChI=1S/C11H20O8/c12-4-7-10(17)11(18)9(16)6(19-7)3-5(13)1-2-8(14)15/h5-7,9-13,16-18H,1-4H2,(H,14,15)/t5?,6-,7+,9-,10-,11+/m0/s1. The van der Waals surface area contributed by atoms with Gasteiger partial charge in [0.1, 0.15) is 24.4 Å². The van der Waals surface area contributed by atoms with Crippen molar-refractivity contribution >= 4 is 5.97 Å². The van der Waals surface area contributed by atoms with E-state index in [1.54, 1.807) is 0 Å². The van der Waals surface area contributed by atoms with Crippen LogP contribution < -0.4 is 0 Å². The Morgan fingerprint density at radius 3 is 2.21 bits per heavy atom. The van der Waals surface area contributed by atoms with Gasteiger partial charge in [-0.3, -0.25) is 4.79 Å². The number of hydrogen-bond acceptors (Lipinski definition) is 7. The molecule has 8 heteroatoms. The molecule has 6 N–H and O–H groups in total. The van der Waals surface area contributed by atoms with Crippen molar-refractivity contribution in [3.8, 4) is 0 Å². The largest absolute Gasteiger partial charge is 0.481 e. The van der Waals surface area contributed by atoms with Gasteiger partial charge >= 0.3 is 5.97 Å². The van der Waals surface area contributed by atoms with E-state index in [1.807, 2.05) is 0 Å². The summed E-state index contributed by atoms with van der Waals surface area (Å²) in [6, 6.07) is 0. The van der Waals surface area contributed by atoms with Crippen LogP contribution in [0.25, 0.3) is 0 Å². The Bertz CT molecular complexity index is 294. The lowest BCUT2D eigenvalue weighted by molar-refractivity contribution is -0.234. The van der Waals surface area contributed by atoms with Crippen LogP contribution in [0.2, 0.25) is 0 Å². The predicted molar refractivity (Wildman–Crippen MR) is 61.3 cm³/mol. The van der Waals surface area contributed by atoms with Gasteiger partial charge in [0, 0.05) is 12.8 Å². The van der Waals surface area contributed by atoms with Crippen LogP contribution in [0.3, 0.4) is 0 Å². The van der Waals surface area contributed by atoms with E-state index in [0.717, 1.165) is 0 Å². The van der Waals surface area contributed by atoms with Gasteiger partial charge in [0.05, 0.1) is 18.8 Å². The van der Waals surface area contributed by atoms with Crippen LogP contribution in [0, 0.1) is 0 Å². The van der Waals surface area contributed by atoms with Gasteiger partial charge in [-0.2, -0.15) is 0 Å². The summed E-state index contributed by atoms with van der Waals surface area (Å²) < 4.78 is 5.19. The lowest BCUT2D eigenvalue weighted by Crippen LogP contribution is -2.59. The van der Waals surface area contributed by atoms with Crippen molar-refractivity contribution in [3.63, 3.8) is 0 Å². The molecule has 1 fully saturated rings. The van der Waals surface area contributed by atoms with E-state index >= 15 is 0 Å². The van der Waals surface area contributed by atoms with Crippen LogP contribution >= 0.6 is 0 Å². The van der Waals surface area contributed by atoms with Gasteiger partial charge in [0.2, 0.25) is 0 Å². The number of carboxylic acid groups (broad SMARTS) is 1. The van der Waals surface area contributed by atoms with Gasteiger partial charge in [-0.05, 0) is 6.42 Å². The fourth-order valence-electron chi connectivity index (χ4n) is 2.05. The average molecular weight is 280 g/mol. The number of aliphatic hydroxyl groups is 5. The average Bonchev–Trinajstić information content (AvgIpc) is 2.37. The molecule has 8 nitrogen and oxygen atoms in total. The Labute approximate surface area is 109 Å². The minimum Gasteiger partial charge on any atom is -0.481 e. The third-order valence-electron chi connectivity index (χ3n) is 3.19. The Morgan fingerprint density at radius 1 is 1.11 bits per heavy atom. The first-order valence-electron chi connectivity index (χ1n) is 6.07. The molecule has 1 aliphatic rings. The monoisotopic (exact) mass is 280 g/mol. The van der Waals surface area contributed by atoms with Crippen molar-refractivity contribution < 1.29 is 40.2 Å². The summed E-state index contributed by atoms with van der Waals surface area (Å²) in [5.74, 6) is -1.05. The molecule has 0 aromatic rings. The van der Waals surface area contributed by atoms with Crippen molar-refractivity contribution in [3.05, 3.63) is 0 Å². The Morgan fingerprint density at radius 2 is 1.68 bits per heavy atom. The second kappa shape index (κ2) is 7.13. The molecule has 0 aromatic heterocycles. The van der Waals surface area contributed by atoms with Crippen molar-refractivity contribution in [1.82, 2.24) is 0 Å². The topological polar surface area (TPSA) is 148 Å². The highest BCUT2D eigenvalue weighted by atomic mass is 16.5. The molecule has 0 spiro atoms. The number of rotatable bonds is 6. The summed E-state index contributed by atoms with van der Waals surface area (Å²) >= 11 is 0. The van der Waals surface area contributed by atoms with Crippen LogP contribution in [0.1, 0.15) is 19.3 Å². The van der Waals surface area contributed by atoms with E-state index < -0.39 is 49.2 Å². The molecule has 112 valence electrons.